The van der Waals surface area contributed by atoms with Crippen LogP contribution in [0.25, 0.3) is 22.3 Å². The molecule has 0 aromatic carbocycles. The van der Waals surface area contributed by atoms with Crippen LogP contribution in [0, 0.1) is 0 Å². The molecular weight excluding hydrogens is 290 g/mol. The zero-order valence-corrected chi connectivity index (χ0v) is 13.5. The van der Waals surface area contributed by atoms with Crippen molar-refractivity contribution in [1.29, 1.82) is 0 Å². The number of nitrogens with two attached hydrogens (primary N) is 1. The first-order valence-corrected chi connectivity index (χ1v) is 7.94. The SMILES string of the molecule is CCCCn1ncc2nc(-c3cccnc3OCC)cc(N)c21. The van der Waals surface area contributed by atoms with E-state index in [1.165, 1.54) is 0 Å². The molecule has 0 saturated carbocycles. The van der Waals surface area contributed by atoms with Crippen molar-refractivity contribution < 1.29 is 4.74 Å². The van der Waals surface area contributed by atoms with E-state index in [0.717, 1.165) is 41.7 Å². The number of pyridine rings is 2. The lowest BCUT2D eigenvalue weighted by molar-refractivity contribution is 0.328. The zero-order valence-electron chi connectivity index (χ0n) is 13.5. The molecule has 3 rings (SSSR count). The van der Waals surface area contributed by atoms with Crippen molar-refractivity contribution in [2.24, 2.45) is 0 Å². The standard InChI is InChI=1S/C17H21N5O/c1-3-5-9-22-16-13(18)10-14(21-15(16)11-20-22)12-7-6-8-19-17(12)23-4-2/h6-8,10-11H,3-5,9H2,1-2H3,(H2,18,21). The minimum Gasteiger partial charge on any atom is -0.477 e. The molecule has 0 aliphatic rings. The summed E-state index contributed by atoms with van der Waals surface area (Å²) < 4.78 is 7.52. The van der Waals surface area contributed by atoms with Gasteiger partial charge in [-0.2, -0.15) is 5.10 Å². The maximum absolute atomic E-state index is 6.27. The lowest BCUT2D eigenvalue weighted by atomic mass is 10.1. The summed E-state index contributed by atoms with van der Waals surface area (Å²) in [6.45, 7) is 5.49. The molecular formula is C17H21N5O. The third-order valence-corrected chi connectivity index (χ3v) is 3.68. The first-order valence-electron chi connectivity index (χ1n) is 7.94. The lowest BCUT2D eigenvalue weighted by Crippen LogP contribution is -2.03. The number of unbranched alkanes of at least 4 members (excludes halogenated alkanes) is 1. The molecule has 0 atom stereocenters. The summed E-state index contributed by atoms with van der Waals surface area (Å²) in [5.41, 5.74) is 10.2. The minimum absolute atomic E-state index is 0.552. The van der Waals surface area contributed by atoms with Gasteiger partial charge in [-0.1, -0.05) is 13.3 Å². The van der Waals surface area contributed by atoms with Crippen molar-refractivity contribution in [2.75, 3.05) is 12.3 Å². The van der Waals surface area contributed by atoms with Gasteiger partial charge in [-0.15, -0.1) is 0 Å². The van der Waals surface area contributed by atoms with E-state index >= 15 is 0 Å². The van der Waals surface area contributed by atoms with E-state index in [0.29, 0.717) is 18.2 Å². The molecule has 0 unspecified atom stereocenters. The Labute approximate surface area is 135 Å². The monoisotopic (exact) mass is 311 g/mol. The molecule has 6 nitrogen and oxygen atoms in total. The number of aromatic nitrogens is 4. The average Bonchev–Trinajstić information content (AvgIpc) is 2.97. The summed E-state index contributed by atoms with van der Waals surface area (Å²) >= 11 is 0. The van der Waals surface area contributed by atoms with E-state index in [1.807, 2.05) is 29.8 Å². The molecule has 6 heteroatoms. The Balaban J connectivity index is 2.07. The van der Waals surface area contributed by atoms with Crippen molar-refractivity contribution in [3.05, 3.63) is 30.6 Å². The van der Waals surface area contributed by atoms with Gasteiger partial charge in [-0.05, 0) is 31.5 Å². The number of ether oxygens (including phenoxy) is 1. The average molecular weight is 311 g/mol. The van der Waals surface area contributed by atoms with Crippen LogP contribution < -0.4 is 10.5 Å². The molecule has 0 fully saturated rings. The Bertz CT molecular complexity index is 812. The van der Waals surface area contributed by atoms with Crippen LogP contribution in [0.3, 0.4) is 0 Å². The molecule has 0 radical (unpaired) electrons. The topological polar surface area (TPSA) is 78.8 Å². The van der Waals surface area contributed by atoms with E-state index < -0.39 is 0 Å². The van der Waals surface area contributed by atoms with Crippen LogP contribution in [-0.2, 0) is 6.54 Å². The summed E-state index contributed by atoms with van der Waals surface area (Å²) in [5, 5.41) is 4.41. The van der Waals surface area contributed by atoms with Crippen LogP contribution in [0.1, 0.15) is 26.7 Å². The highest BCUT2D eigenvalue weighted by Crippen LogP contribution is 2.31. The second-order valence-corrected chi connectivity index (χ2v) is 5.34. The number of nitrogen functional groups attached to an aromatic ring is 1. The predicted octanol–water partition coefficient (Wildman–Crippen LogP) is 3.27. The summed E-state index contributed by atoms with van der Waals surface area (Å²) in [4.78, 5) is 8.97. The number of fused-ring (bicyclic) bond motifs is 1. The molecule has 120 valence electrons. The maximum atomic E-state index is 6.27. The Morgan fingerprint density at radius 2 is 2.17 bits per heavy atom. The normalized spacial score (nSPS) is 11.0. The Kier molecular flexibility index (Phi) is 4.41. The molecule has 3 aromatic rings. The third-order valence-electron chi connectivity index (χ3n) is 3.68. The lowest BCUT2D eigenvalue weighted by Gasteiger charge is -2.10. The van der Waals surface area contributed by atoms with Gasteiger partial charge >= 0.3 is 0 Å². The van der Waals surface area contributed by atoms with E-state index in [1.54, 1.807) is 12.4 Å². The molecule has 0 aliphatic heterocycles. The number of anilines is 1. The summed E-state index contributed by atoms with van der Waals surface area (Å²) in [6, 6.07) is 5.67. The minimum atomic E-state index is 0.552. The third kappa shape index (κ3) is 2.97. The number of rotatable bonds is 6. The molecule has 0 spiro atoms. The van der Waals surface area contributed by atoms with Gasteiger partial charge in [0, 0.05) is 12.7 Å². The second-order valence-electron chi connectivity index (χ2n) is 5.34. The van der Waals surface area contributed by atoms with Crippen LogP contribution in [0.4, 0.5) is 5.69 Å². The van der Waals surface area contributed by atoms with Crippen LogP contribution in [0.2, 0.25) is 0 Å². The first-order chi connectivity index (χ1) is 11.2. The fourth-order valence-electron chi connectivity index (χ4n) is 2.58. The Morgan fingerprint density at radius 3 is 2.96 bits per heavy atom. The van der Waals surface area contributed by atoms with Gasteiger partial charge in [-0.3, -0.25) is 4.68 Å². The number of aryl methyl sites for hydroxylation is 1. The summed E-state index contributed by atoms with van der Waals surface area (Å²) in [7, 11) is 0. The van der Waals surface area contributed by atoms with Gasteiger partial charge < -0.3 is 10.5 Å². The largest absolute Gasteiger partial charge is 0.477 e. The number of hydrogen-bond acceptors (Lipinski definition) is 5. The molecule has 0 aliphatic carbocycles. The van der Waals surface area contributed by atoms with Gasteiger partial charge in [0.05, 0.1) is 29.7 Å². The highest BCUT2D eigenvalue weighted by Gasteiger charge is 2.14. The highest BCUT2D eigenvalue weighted by molar-refractivity contribution is 5.90. The van der Waals surface area contributed by atoms with Gasteiger partial charge in [0.25, 0.3) is 0 Å². The van der Waals surface area contributed by atoms with Crippen molar-refractivity contribution in [3.63, 3.8) is 0 Å². The second kappa shape index (κ2) is 6.64. The van der Waals surface area contributed by atoms with Gasteiger partial charge in [-0.25, -0.2) is 9.97 Å². The van der Waals surface area contributed by atoms with Crippen LogP contribution in [0.5, 0.6) is 5.88 Å². The zero-order chi connectivity index (χ0) is 16.2. The van der Waals surface area contributed by atoms with Crippen molar-refractivity contribution in [1.82, 2.24) is 19.7 Å². The van der Waals surface area contributed by atoms with Crippen LogP contribution >= 0.6 is 0 Å². The van der Waals surface area contributed by atoms with Gasteiger partial charge in [0.1, 0.15) is 11.0 Å². The quantitative estimate of drug-likeness (QED) is 0.756. The Hall–Kier alpha value is -2.63. The van der Waals surface area contributed by atoms with E-state index in [2.05, 4.69) is 17.0 Å². The van der Waals surface area contributed by atoms with Crippen molar-refractivity contribution >= 4 is 16.7 Å². The fourth-order valence-corrected chi connectivity index (χ4v) is 2.58. The highest BCUT2D eigenvalue weighted by atomic mass is 16.5. The maximum Gasteiger partial charge on any atom is 0.222 e. The van der Waals surface area contributed by atoms with Gasteiger partial charge in [0.2, 0.25) is 5.88 Å². The molecule has 0 bridgehead atoms. The van der Waals surface area contributed by atoms with Crippen molar-refractivity contribution in [3.8, 4) is 17.1 Å². The molecule has 2 N–H and O–H groups in total. The Morgan fingerprint density at radius 1 is 1.30 bits per heavy atom. The summed E-state index contributed by atoms with van der Waals surface area (Å²) in [6.07, 6.45) is 5.65. The molecule has 3 heterocycles. The molecule has 3 aromatic heterocycles. The fraction of sp³-hybridized carbons (Fsp3) is 0.353. The predicted molar refractivity (Wildman–Crippen MR) is 91.2 cm³/mol. The number of nitrogens with zero attached hydrogens (tertiary/aromatic N) is 4. The van der Waals surface area contributed by atoms with E-state index in [-0.39, 0.29) is 0 Å². The number of hydrogen-bond donors (Lipinski definition) is 1. The van der Waals surface area contributed by atoms with Gasteiger partial charge in [0.15, 0.2) is 0 Å². The van der Waals surface area contributed by atoms with E-state index in [4.69, 9.17) is 15.5 Å². The molecule has 0 saturated heterocycles. The van der Waals surface area contributed by atoms with Crippen molar-refractivity contribution in [2.45, 2.75) is 33.2 Å². The van der Waals surface area contributed by atoms with E-state index in [9.17, 15) is 0 Å². The van der Waals surface area contributed by atoms with Crippen LogP contribution in [0.15, 0.2) is 30.6 Å². The smallest absolute Gasteiger partial charge is 0.222 e. The molecule has 23 heavy (non-hydrogen) atoms. The molecule has 0 amide bonds. The first kappa shape index (κ1) is 15.3. The summed E-state index contributed by atoms with van der Waals surface area (Å²) in [5.74, 6) is 0.569. The van der Waals surface area contributed by atoms with Crippen LogP contribution in [-0.4, -0.2) is 26.4 Å².